The van der Waals surface area contributed by atoms with Crippen molar-refractivity contribution in [2.45, 2.75) is 38.6 Å². The van der Waals surface area contributed by atoms with Crippen LogP contribution in [-0.2, 0) is 9.53 Å². The molecule has 3 heterocycles. The maximum absolute atomic E-state index is 12.9. The van der Waals surface area contributed by atoms with Gasteiger partial charge in [0.25, 0.3) is 0 Å². The molecule has 2 saturated heterocycles. The minimum absolute atomic E-state index is 0.0568. The van der Waals surface area contributed by atoms with Gasteiger partial charge in [0.2, 0.25) is 5.91 Å². The van der Waals surface area contributed by atoms with E-state index in [0.29, 0.717) is 19.7 Å². The van der Waals surface area contributed by atoms with E-state index in [0.717, 1.165) is 43.3 Å². The van der Waals surface area contributed by atoms with E-state index in [1.54, 1.807) is 0 Å². The number of aromatic amines is 1. The number of ether oxygens (including phenoxy) is 1. The topological polar surface area (TPSA) is 67.3 Å². The predicted molar refractivity (Wildman–Crippen MR) is 95.6 cm³/mol. The first-order valence-corrected chi connectivity index (χ1v) is 9.15. The average Bonchev–Trinajstić information content (AvgIpc) is 2.97. The van der Waals surface area contributed by atoms with E-state index in [2.05, 4.69) is 4.98 Å². The summed E-state index contributed by atoms with van der Waals surface area (Å²) in [7, 11) is 0. The SMILES string of the molecule is CC1(C(=O)N2CCC(n3c(=O)[nH]c4ccccc43)CC2)CCCOC1. The number of fused-ring (bicyclic) bond motifs is 1. The van der Waals surface area contributed by atoms with Crippen LogP contribution in [0.3, 0.4) is 0 Å². The van der Waals surface area contributed by atoms with Crippen molar-refractivity contribution in [3.8, 4) is 0 Å². The third-order valence-corrected chi connectivity index (χ3v) is 5.70. The molecule has 0 bridgehead atoms. The molecule has 0 spiro atoms. The molecule has 1 aromatic carbocycles. The Balaban J connectivity index is 1.49. The van der Waals surface area contributed by atoms with Gasteiger partial charge in [-0.15, -0.1) is 0 Å². The maximum atomic E-state index is 12.9. The summed E-state index contributed by atoms with van der Waals surface area (Å²) in [5.74, 6) is 0.205. The number of hydrogen-bond donors (Lipinski definition) is 1. The van der Waals surface area contributed by atoms with Crippen molar-refractivity contribution in [2.75, 3.05) is 26.3 Å². The smallest absolute Gasteiger partial charge is 0.326 e. The number of carbonyl (C=O) groups excluding carboxylic acids is 1. The van der Waals surface area contributed by atoms with Crippen molar-refractivity contribution in [2.24, 2.45) is 5.41 Å². The number of amides is 1. The molecule has 1 amide bonds. The fourth-order valence-corrected chi connectivity index (χ4v) is 4.25. The number of para-hydroxylation sites is 2. The molecular weight excluding hydrogens is 318 g/mol. The number of piperidine rings is 1. The number of rotatable bonds is 2. The van der Waals surface area contributed by atoms with Gasteiger partial charge in [0.05, 0.1) is 23.1 Å². The third-order valence-electron chi connectivity index (χ3n) is 5.70. The summed E-state index contributed by atoms with van der Waals surface area (Å²) in [6, 6.07) is 7.93. The van der Waals surface area contributed by atoms with Crippen LogP contribution in [0.25, 0.3) is 11.0 Å². The van der Waals surface area contributed by atoms with Crippen LogP contribution in [0.4, 0.5) is 0 Å². The zero-order valence-corrected chi connectivity index (χ0v) is 14.7. The first kappa shape index (κ1) is 16.4. The number of nitrogens with zero attached hydrogens (tertiary/aromatic N) is 2. The lowest BCUT2D eigenvalue weighted by atomic mass is 9.82. The number of imidazole rings is 1. The molecular formula is C19H25N3O3. The summed E-state index contributed by atoms with van der Waals surface area (Å²) in [5.41, 5.74) is 1.38. The predicted octanol–water partition coefficient (Wildman–Crippen LogP) is 2.31. The molecule has 2 aliphatic heterocycles. The molecule has 134 valence electrons. The number of hydrogen-bond acceptors (Lipinski definition) is 3. The molecule has 2 fully saturated rings. The Morgan fingerprint density at radius 3 is 2.76 bits per heavy atom. The van der Waals surface area contributed by atoms with Gasteiger partial charge in [-0.25, -0.2) is 4.79 Å². The zero-order chi connectivity index (χ0) is 17.4. The molecule has 1 atom stereocenters. The van der Waals surface area contributed by atoms with Gasteiger partial charge in [0.1, 0.15) is 0 Å². The summed E-state index contributed by atoms with van der Waals surface area (Å²) in [6.07, 6.45) is 3.46. The second-order valence-corrected chi connectivity index (χ2v) is 7.56. The van der Waals surface area contributed by atoms with Crippen LogP contribution < -0.4 is 5.69 Å². The highest BCUT2D eigenvalue weighted by Gasteiger charge is 2.39. The van der Waals surface area contributed by atoms with Crippen molar-refractivity contribution >= 4 is 16.9 Å². The number of aromatic nitrogens is 2. The molecule has 6 heteroatoms. The van der Waals surface area contributed by atoms with E-state index in [4.69, 9.17) is 4.74 Å². The van der Waals surface area contributed by atoms with Crippen LogP contribution in [0.1, 0.15) is 38.6 Å². The van der Waals surface area contributed by atoms with E-state index in [1.807, 2.05) is 40.7 Å². The molecule has 0 saturated carbocycles. The molecule has 4 rings (SSSR count). The van der Waals surface area contributed by atoms with Crippen molar-refractivity contribution in [1.29, 1.82) is 0 Å². The fourth-order valence-electron chi connectivity index (χ4n) is 4.25. The summed E-state index contributed by atoms with van der Waals surface area (Å²) >= 11 is 0. The Bertz CT molecular complexity index is 824. The Labute approximate surface area is 146 Å². The van der Waals surface area contributed by atoms with Gasteiger partial charge in [-0.05, 0) is 44.7 Å². The molecule has 2 aliphatic rings. The Morgan fingerprint density at radius 2 is 2.04 bits per heavy atom. The van der Waals surface area contributed by atoms with E-state index < -0.39 is 0 Å². The van der Waals surface area contributed by atoms with Crippen molar-refractivity contribution in [3.63, 3.8) is 0 Å². The van der Waals surface area contributed by atoms with E-state index >= 15 is 0 Å². The molecule has 25 heavy (non-hydrogen) atoms. The van der Waals surface area contributed by atoms with E-state index in [1.165, 1.54) is 0 Å². The van der Waals surface area contributed by atoms with Crippen LogP contribution in [0.5, 0.6) is 0 Å². The number of carbonyl (C=O) groups is 1. The van der Waals surface area contributed by atoms with Gasteiger partial charge >= 0.3 is 5.69 Å². The lowest BCUT2D eigenvalue weighted by molar-refractivity contribution is -0.150. The van der Waals surface area contributed by atoms with Crippen LogP contribution in [-0.4, -0.2) is 46.7 Å². The molecule has 6 nitrogen and oxygen atoms in total. The third kappa shape index (κ3) is 2.88. The standard InChI is InChI=1S/C19H25N3O3/c1-19(9-4-12-25-13-19)17(23)21-10-7-14(8-11-21)22-16-6-3-2-5-15(16)20-18(22)24/h2-3,5-6,14H,4,7-13H2,1H3,(H,20,24). The minimum atomic E-state index is -0.386. The zero-order valence-electron chi connectivity index (χ0n) is 14.7. The largest absolute Gasteiger partial charge is 0.380 e. The molecule has 1 aromatic heterocycles. The van der Waals surface area contributed by atoms with Gasteiger partial charge in [0.15, 0.2) is 0 Å². The normalized spacial score (nSPS) is 25.4. The average molecular weight is 343 g/mol. The van der Waals surface area contributed by atoms with Crippen molar-refractivity contribution < 1.29 is 9.53 Å². The maximum Gasteiger partial charge on any atom is 0.326 e. The highest BCUT2D eigenvalue weighted by Crippen LogP contribution is 2.33. The van der Waals surface area contributed by atoms with E-state index in [-0.39, 0.29) is 23.1 Å². The van der Waals surface area contributed by atoms with Crippen molar-refractivity contribution in [3.05, 3.63) is 34.7 Å². The van der Waals surface area contributed by atoms with Crippen LogP contribution >= 0.6 is 0 Å². The molecule has 2 aromatic rings. The van der Waals surface area contributed by atoms with Gasteiger partial charge in [-0.2, -0.15) is 0 Å². The highest BCUT2D eigenvalue weighted by atomic mass is 16.5. The van der Waals surface area contributed by atoms with Gasteiger partial charge in [-0.1, -0.05) is 12.1 Å². The fraction of sp³-hybridized carbons (Fsp3) is 0.579. The molecule has 0 radical (unpaired) electrons. The minimum Gasteiger partial charge on any atom is -0.380 e. The lowest BCUT2D eigenvalue weighted by Crippen LogP contribution is -2.49. The quantitative estimate of drug-likeness (QED) is 0.910. The van der Waals surface area contributed by atoms with Gasteiger partial charge < -0.3 is 14.6 Å². The monoisotopic (exact) mass is 343 g/mol. The Hall–Kier alpha value is -2.08. The summed E-state index contributed by atoms with van der Waals surface area (Å²) in [4.78, 5) is 30.2. The van der Waals surface area contributed by atoms with Crippen LogP contribution in [0.15, 0.2) is 29.1 Å². The number of nitrogens with one attached hydrogen (secondary N) is 1. The lowest BCUT2D eigenvalue weighted by Gasteiger charge is -2.40. The number of likely N-dealkylation sites (tertiary alicyclic amines) is 1. The second kappa shape index (κ2) is 6.33. The molecule has 0 aliphatic carbocycles. The highest BCUT2D eigenvalue weighted by molar-refractivity contribution is 5.82. The molecule has 1 N–H and O–H groups in total. The van der Waals surface area contributed by atoms with Gasteiger partial charge in [0, 0.05) is 25.7 Å². The second-order valence-electron chi connectivity index (χ2n) is 7.56. The summed E-state index contributed by atoms with van der Waals surface area (Å²) < 4.78 is 7.41. The number of benzene rings is 1. The first-order valence-electron chi connectivity index (χ1n) is 9.15. The van der Waals surface area contributed by atoms with Crippen molar-refractivity contribution in [1.82, 2.24) is 14.5 Å². The Kier molecular flexibility index (Phi) is 4.15. The van der Waals surface area contributed by atoms with Gasteiger partial charge in [-0.3, -0.25) is 9.36 Å². The first-order chi connectivity index (χ1) is 12.1. The summed E-state index contributed by atoms with van der Waals surface area (Å²) in [5, 5.41) is 0. The van der Waals surface area contributed by atoms with Crippen LogP contribution in [0.2, 0.25) is 0 Å². The van der Waals surface area contributed by atoms with Crippen LogP contribution in [0, 0.1) is 5.41 Å². The summed E-state index contributed by atoms with van der Waals surface area (Å²) in [6.45, 7) is 4.70. The van der Waals surface area contributed by atoms with E-state index in [9.17, 15) is 9.59 Å². The Morgan fingerprint density at radius 1 is 1.28 bits per heavy atom. The number of H-pyrrole nitrogens is 1. The molecule has 1 unspecified atom stereocenters.